The van der Waals surface area contributed by atoms with Crippen molar-refractivity contribution in [3.05, 3.63) is 35.5 Å². The van der Waals surface area contributed by atoms with E-state index in [1.165, 1.54) is 0 Å². The third kappa shape index (κ3) is 5.35. The van der Waals surface area contributed by atoms with Crippen LogP contribution in [0.5, 0.6) is 11.5 Å². The second-order valence-corrected chi connectivity index (χ2v) is 7.17. The van der Waals surface area contributed by atoms with Crippen molar-refractivity contribution in [3.8, 4) is 11.5 Å². The Morgan fingerprint density at radius 1 is 1.26 bits per heavy atom. The maximum atomic E-state index is 5.46. The van der Waals surface area contributed by atoms with Gasteiger partial charge >= 0.3 is 0 Å². The first-order valence-corrected chi connectivity index (χ1v) is 8.80. The van der Waals surface area contributed by atoms with Gasteiger partial charge in [-0.1, -0.05) is 25.9 Å². The van der Waals surface area contributed by atoms with Crippen molar-refractivity contribution in [3.63, 3.8) is 0 Å². The van der Waals surface area contributed by atoms with Gasteiger partial charge in [-0.25, -0.2) is 0 Å². The van der Waals surface area contributed by atoms with E-state index in [4.69, 9.17) is 14.0 Å². The molecule has 148 valence electrons. The van der Waals surface area contributed by atoms with Crippen LogP contribution in [0, 0.1) is 0 Å². The van der Waals surface area contributed by atoms with Crippen LogP contribution in [0.2, 0.25) is 0 Å². The fourth-order valence-electron chi connectivity index (χ4n) is 2.45. The fourth-order valence-corrected chi connectivity index (χ4v) is 2.45. The van der Waals surface area contributed by atoms with Crippen LogP contribution in [0.4, 0.5) is 0 Å². The van der Waals surface area contributed by atoms with Gasteiger partial charge in [0, 0.05) is 18.0 Å². The molecule has 0 radical (unpaired) electrons. The fraction of sp³-hybridized carbons (Fsp3) is 0.526. The molecule has 0 spiro atoms. The second kappa shape index (κ2) is 8.75. The summed E-state index contributed by atoms with van der Waals surface area (Å²) in [6.45, 7) is 8.52. The van der Waals surface area contributed by atoms with Crippen LogP contribution < -0.4 is 20.1 Å². The van der Waals surface area contributed by atoms with Crippen molar-refractivity contribution < 1.29 is 14.0 Å². The summed E-state index contributed by atoms with van der Waals surface area (Å²) in [7, 11) is 5.00. The Morgan fingerprint density at radius 3 is 2.56 bits per heavy atom. The van der Waals surface area contributed by atoms with Crippen molar-refractivity contribution in [1.29, 1.82) is 0 Å². The largest absolute Gasteiger partial charge is 0.497 e. The van der Waals surface area contributed by atoms with Crippen molar-refractivity contribution in [2.75, 3.05) is 21.3 Å². The molecular weight excluding hydrogens is 346 g/mol. The number of aliphatic imine (C=N–C) groups is 1. The topological polar surface area (TPSA) is 93.8 Å². The molecule has 0 saturated carbocycles. The van der Waals surface area contributed by atoms with Gasteiger partial charge in [0.25, 0.3) is 0 Å². The van der Waals surface area contributed by atoms with E-state index in [2.05, 4.69) is 25.8 Å². The maximum absolute atomic E-state index is 5.46. The Labute approximate surface area is 160 Å². The predicted molar refractivity (Wildman–Crippen MR) is 104 cm³/mol. The summed E-state index contributed by atoms with van der Waals surface area (Å²) in [6.07, 6.45) is 0. The summed E-state index contributed by atoms with van der Waals surface area (Å²) in [4.78, 5) is 8.67. The summed E-state index contributed by atoms with van der Waals surface area (Å²) in [5.74, 6) is 3.35. The highest BCUT2D eigenvalue weighted by Gasteiger charge is 2.22. The number of methoxy groups -OCH3 is 2. The normalized spacial score (nSPS) is 13.2. The molecule has 1 heterocycles. The molecule has 27 heavy (non-hydrogen) atoms. The third-order valence-corrected chi connectivity index (χ3v) is 4.00. The minimum Gasteiger partial charge on any atom is -0.497 e. The number of hydrogen-bond donors (Lipinski definition) is 2. The van der Waals surface area contributed by atoms with Crippen molar-refractivity contribution in [2.24, 2.45) is 4.99 Å². The minimum atomic E-state index is -0.178. The van der Waals surface area contributed by atoms with Gasteiger partial charge in [-0.2, -0.15) is 4.98 Å². The number of benzene rings is 1. The van der Waals surface area contributed by atoms with E-state index in [1.54, 1.807) is 21.3 Å². The summed E-state index contributed by atoms with van der Waals surface area (Å²) in [5, 5.41) is 10.5. The first-order chi connectivity index (χ1) is 12.8. The van der Waals surface area contributed by atoms with Gasteiger partial charge in [-0.05, 0) is 25.1 Å². The number of aromatic nitrogens is 2. The lowest BCUT2D eigenvalue weighted by Crippen LogP contribution is -2.38. The highest BCUT2D eigenvalue weighted by molar-refractivity contribution is 5.80. The lowest BCUT2D eigenvalue weighted by molar-refractivity contribution is 0.318. The molecule has 8 nitrogen and oxygen atoms in total. The molecule has 0 amide bonds. The molecule has 0 bridgehead atoms. The van der Waals surface area contributed by atoms with Gasteiger partial charge in [0.05, 0.1) is 26.8 Å². The van der Waals surface area contributed by atoms with Gasteiger partial charge in [0.1, 0.15) is 11.5 Å². The van der Waals surface area contributed by atoms with Gasteiger partial charge in [0.2, 0.25) is 5.89 Å². The van der Waals surface area contributed by atoms with Crippen LogP contribution in [0.3, 0.4) is 0 Å². The van der Waals surface area contributed by atoms with Crippen molar-refractivity contribution in [1.82, 2.24) is 20.8 Å². The maximum Gasteiger partial charge on any atom is 0.232 e. The van der Waals surface area contributed by atoms with E-state index in [9.17, 15) is 0 Å². The molecule has 1 atom stereocenters. The summed E-state index contributed by atoms with van der Waals surface area (Å²) < 4.78 is 16.1. The standard InChI is InChI=1S/C19H29N5O3/c1-12(14-10-13(25-6)8-9-15(14)26-7)22-18(20-5)21-11-16-23-17(27-24-16)19(2,3)4/h8-10,12H,11H2,1-7H3,(H2,20,21,22). The highest BCUT2D eigenvalue weighted by atomic mass is 16.5. The first-order valence-electron chi connectivity index (χ1n) is 8.80. The van der Waals surface area contributed by atoms with Gasteiger partial charge < -0.3 is 24.6 Å². The lowest BCUT2D eigenvalue weighted by atomic mass is 9.97. The molecule has 0 fully saturated rings. The zero-order valence-corrected chi connectivity index (χ0v) is 17.1. The zero-order chi connectivity index (χ0) is 20.0. The summed E-state index contributed by atoms with van der Waals surface area (Å²) >= 11 is 0. The number of rotatable bonds is 6. The average Bonchev–Trinajstić information content (AvgIpc) is 3.13. The predicted octanol–water partition coefficient (Wildman–Crippen LogP) is 2.81. The molecule has 0 aliphatic carbocycles. The first kappa shape index (κ1) is 20.5. The number of nitrogens with one attached hydrogen (secondary N) is 2. The molecular formula is C19H29N5O3. The molecule has 0 aliphatic heterocycles. The van der Waals surface area contributed by atoms with Crippen LogP contribution in [-0.2, 0) is 12.0 Å². The molecule has 1 aromatic heterocycles. The number of hydrogen-bond acceptors (Lipinski definition) is 6. The third-order valence-electron chi connectivity index (χ3n) is 4.00. The SMILES string of the molecule is CN=C(NCc1noc(C(C)(C)C)n1)NC(C)c1cc(OC)ccc1OC. The van der Waals surface area contributed by atoms with E-state index < -0.39 is 0 Å². The molecule has 8 heteroatoms. The van der Waals surface area contributed by atoms with Gasteiger partial charge in [-0.3, -0.25) is 4.99 Å². The highest BCUT2D eigenvalue weighted by Crippen LogP contribution is 2.29. The summed E-state index contributed by atoms with van der Waals surface area (Å²) in [6, 6.07) is 5.64. The average molecular weight is 375 g/mol. The van der Waals surface area contributed by atoms with E-state index in [-0.39, 0.29) is 11.5 Å². The Hall–Kier alpha value is -2.77. The van der Waals surface area contributed by atoms with Crippen LogP contribution in [0.1, 0.15) is 51.0 Å². The van der Waals surface area contributed by atoms with Crippen LogP contribution in [0.15, 0.2) is 27.7 Å². The van der Waals surface area contributed by atoms with Crippen LogP contribution >= 0.6 is 0 Å². The van der Waals surface area contributed by atoms with E-state index in [1.807, 2.05) is 45.9 Å². The lowest BCUT2D eigenvalue weighted by Gasteiger charge is -2.20. The quantitative estimate of drug-likeness (QED) is 0.592. The van der Waals surface area contributed by atoms with Crippen LogP contribution in [-0.4, -0.2) is 37.4 Å². The Bertz CT molecular complexity index is 780. The number of ether oxygens (including phenoxy) is 2. The van der Waals surface area contributed by atoms with Gasteiger partial charge in [0.15, 0.2) is 11.8 Å². The Morgan fingerprint density at radius 2 is 2.00 bits per heavy atom. The minimum absolute atomic E-state index is 0.0587. The Balaban J connectivity index is 2.03. The van der Waals surface area contributed by atoms with E-state index in [0.717, 1.165) is 17.1 Å². The monoisotopic (exact) mass is 375 g/mol. The molecule has 2 N–H and O–H groups in total. The molecule has 2 aromatic rings. The molecule has 0 saturated heterocycles. The molecule has 1 aromatic carbocycles. The van der Waals surface area contributed by atoms with E-state index in [0.29, 0.717) is 24.2 Å². The number of nitrogens with zero attached hydrogens (tertiary/aromatic N) is 3. The van der Waals surface area contributed by atoms with Gasteiger partial charge in [-0.15, -0.1) is 0 Å². The zero-order valence-electron chi connectivity index (χ0n) is 17.1. The number of guanidine groups is 1. The van der Waals surface area contributed by atoms with E-state index >= 15 is 0 Å². The van der Waals surface area contributed by atoms with Crippen LogP contribution in [0.25, 0.3) is 0 Å². The second-order valence-electron chi connectivity index (χ2n) is 7.17. The summed E-state index contributed by atoms with van der Waals surface area (Å²) in [5.41, 5.74) is 0.789. The Kier molecular flexibility index (Phi) is 6.65. The smallest absolute Gasteiger partial charge is 0.232 e. The van der Waals surface area contributed by atoms with Crippen molar-refractivity contribution in [2.45, 2.75) is 45.7 Å². The molecule has 2 rings (SSSR count). The molecule has 1 unspecified atom stereocenters. The molecule has 0 aliphatic rings. The van der Waals surface area contributed by atoms with Crippen molar-refractivity contribution >= 4 is 5.96 Å².